The van der Waals surface area contributed by atoms with Gasteiger partial charge in [0.15, 0.2) is 5.78 Å². The summed E-state index contributed by atoms with van der Waals surface area (Å²) in [5.74, 6) is -2.01. The SMILES string of the molecule is CC(C)[C@H]1CN(c2ccc(C(F)(F)F)nc2)C(=O)N1CC(=O)Cc1cc(C(F)(F)F)on1. The molecular weight excluding hydrogens is 446 g/mol. The normalized spacial score (nSPS) is 17.5. The maximum absolute atomic E-state index is 12.9. The summed E-state index contributed by atoms with van der Waals surface area (Å²) in [7, 11) is 0. The molecule has 1 saturated heterocycles. The minimum absolute atomic E-state index is 0.108. The van der Waals surface area contributed by atoms with Crippen molar-refractivity contribution < 1.29 is 40.5 Å². The van der Waals surface area contributed by atoms with Crippen LogP contribution in [0.5, 0.6) is 0 Å². The third-order valence-electron chi connectivity index (χ3n) is 4.93. The summed E-state index contributed by atoms with van der Waals surface area (Å²) in [5, 5.41) is 3.23. The first-order valence-corrected chi connectivity index (χ1v) is 9.43. The molecule has 0 unspecified atom stereocenters. The molecule has 3 rings (SSSR count). The lowest BCUT2D eigenvalue weighted by Crippen LogP contribution is -2.41. The number of ketones is 1. The Morgan fingerprint density at radius 2 is 1.88 bits per heavy atom. The minimum Gasteiger partial charge on any atom is -0.351 e. The molecule has 1 atom stereocenters. The van der Waals surface area contributed by atoms with E-state index in [-0.39, 0.29) is 23.8 Å². The van der Waals surface area contributed by atoms with Gasteiger partial charge in [-0.3, -0.25) is 9.69 Å². The summed E-state index contributed by atoms with van der Waals surface area (Å²) in [5.41, 5.74) is -1.19. The van der Waals surface area contributed by atoms with E-state index in [0.29, 0.717) is 6.07 Å². The van der Waals surface area contributed by atoms with Gasteiger partial charge in [0.05, 0.1) is 36.6 Å². The average molecular weight is 464 g/mol. The van der Waals surface area contributed by atoms with E-state index >= 15 is 0 Å². The quantitative estimate of drug-likeness (QED) is 0.600. The van der Waals surface area contributed by atoms with Crippen molar-refractivity contribution in [1.82, 2.24) is 15.0 Å². The van der Waals surface area contributed by atoms with Gasteiger partial charge in [-0.2, -0.15) is 26.3 Å². The maximum Gasteiger partial charge on any atom is 0.452 e. The molecule has 1 fully saturated rings. The highest BCUT2D eigenvalue weighted by molar-refractivity contribution is 5.97. The van der Waals surface area contributed by atoms with Crippen molar-refractivity contribution in [1.29, 1.82) is 0 Å². The summed E-state index contributed by atoms with van der Waals surface area (Å²) in [6.07, 6.45) is -8.91. The molecule has 174 valence electrons. The number of alkyl halides is 6. The second-order valence-electron chi connectivity index (χ2n) is 7.63. The molecule has 2 aromatic heterocycles. The van der Waals surface area contributed by atoms with Crippen LogP contribution in [0.2, 0.25) is 0 Å². The van der Waals surface area contributed by atoms with E-state index < -0.39 is 54.6 Å². The molecule has 0 aliphatic carbocycles. The molecule has 1 aliphatic rings. The van der Waals surface area contributed by atoms with Crippen molar-refractivity contribution >= 4 is 17.5 Å². The lowest BCUT2D eigenvalue weighted by molar-refractivity contribution is -0.155. The predicted molar refractivity (Wildman–Crippen MR) is 97.5 cm³/mol. The van der Waals surface area contributed by atoms with E-state index in [4.69, 9.17) is 0 Å². The third-order valence-corrected chi connectivity index (χ3v) is 4.93. The summed E-state index contributed by atoms with van der Waals surface area (Å²) < 4.78 is 80.2. The smallest absolute Gasteiger partial charge is 0.351 e. The molecule has 1 aliphatic heterocycles. The van der Waals surface area contributed by atoms with Gasteiger partial charge < -0.3 is 9.42 Å². The molecule has 0 radical (unpaired) electrons. The Labute approximate surface area is 178 Å². The highest BCUT2D eigenvalue weighted by atomic mass is 19.4. The summed E-state index contributed by atoms with van der Waals surface area (Å²) in [6, 6.07) is 1.42. The number of amides is 2. The molecule has 0 N–H and O–H groups in total. The summed E-state index contributed by atoms with van der Waals surface area (Å²) in [4.78, 5) is 31.1. The topological polar surface area (TPSA) is 79.5 Å². The van der Waals surface area contributed by atoms with Crippen molar-refractivity contribution in [2.24, 2.45) is 5.92 Å². The van der Waals surface area contributed by atoms with E-state index in [1.54, 1.807) is 13.8 Å². The molecule has 2 aromatic rings. The van der Waals surface area contributed by atoms with Gasteiger partial charge in [0.2, 0.25) is 5.76 Å². The Morgan fingerprint density at radius 1 is 1.19 bits per heavy atom. The van der Waals surface area contributed by atoms with Crippen LogP contribution in [-0.2, 0) is 23.6 Å². The number of urea groups is 1. The van der Waals surface area contributed by atoms with E-state index in [9.17, 15) is 35.9 Å². The molecule has 3 heterocycles. The number of anilines is 1. The number of rotatable bonds is 6. The van der Waals surface area contributed by atoms with Crippen LogP contribution >= 0.6 is 0 Å². The number of hydrogen-bond donors (Lipinski definition) is 0. The number of Topliss-reactive ketones (excluding diaryl/α,β-unsaturated/α-hetero) is 1. The van der Waals surface area contributed by atoms with Gasteiger partial charge in [0.1, 0.15) is 5.69 Å². The first-order valence-electron chi connectivity index (χ1n) is 9.43. The Balaban J connectivity index is 1.73. The molecule has 13 heteroatoms. The van der Waals surface area contributed by atoms with Gasteiger partial charge in [0, 0.05) is 12.6 Å². The molecule has 2 amide bonds. The van der Waals surface area contributed by atoms with Crippen molar-refractivity contribution in [3.8, 4) is 0 Å². The Bertz CT molecular complexity index is 984. The van der Waals surface area contributed by atoms with Gasteiger partial charge in [-0.05, 0) is 18.1 Å². The standard InChI is InChI=1S/C19H18F6N4O3/c1-10(2)14-9-28(12-3-4-15(26-7-12)18(20,21)22)17(31)29(14)8-13(30)5-11-6-16(32-27-11)19(23,24)25/h3-4,6-7,10,14H,5,8-9H2,1-2H3/t14-/m1/s1. The molecule has 0 spiro atoms. The van der Waals surface area contributed by atoms with Crippen molar-refractivity contribution in [3.63, 3.8) is 0 Å². The second-order valence-corrected chi connectivity index (χ2v) is 7.63. The van der Waals surface area contributed by atoms with E-state index in [0.717, 1.165) is 18.3 Å². The molecular formula is C19H18F6N4O3. The molecule has 0 bridgehead atoms. The fourth-order valence-corrected chi connectivity index (χ4v) is 3.32. The van der Waals surface area contributed by atoms with Crippen LogP contribution < -0.4 is 4.90 Å². The molecule has 0 saturated carbocycles. The average Bonchev–Trinajstić information content (AvgIpc) is 3.27. The molecule has 0 aromatic carbocycles. The number of nitrogens with zero attached hydrogens (tertiary/aromatic N) is 4. The van der Waals surface area contributed by atoms with Gasteiger partial charge in [-0.25, -0.2) is 9.78 Å². The first kappa shape index (κ1) is 23.5. The van der Waals surface area contributed by atoms with Crippen molar-refractivity contribution in [2.75, 3.05) is 18.0 Å². The highest BCUT2D eigenvalue weighted by Gasteiger charge is 2.41. The lowest BCUT2D eigenvalue weighted by Gasteiger charge is -2.25. The first-order chi connectivity index (χ1) is 14.8. The van der Waals surface area contributed by atoms with Crippen LogP contribution in [0.15, 0.2) is 28.9 Å². The van der Waals surface area contributed by atoms with Crippen LogP contribution in [0.25, 0.3) is 0 Å². The predicted octanol–water partition coefficient (Wildman–Crippen LogP) is 4.19. The summed E-state index contributed by atoms with van der Waals surface area (Å²) >= 11 is 0. The fraction of sp³-hybridized carbons (Fsp3) is 0.474. The zero-order valence-electron chi connectivity index (χ0n) is 16.9. The Morgan fingerprint density at radius 3 is 2.38 bits per heavy atom. The van der Waals surface area contributed by atoms with E-state index in [1.165, 1.54) is 9.80 Å². The number of carbonyl (C=O) groups excluding carboxylic acids is 2. The lowest BCUT2D eigenvalue weighted by atomic mass is 10.0. The minimum atomic E-state index is -4.74. The number of pyridine rings is 1. The van der Waals surface area contributed by atoms with Gasteiger partial charge >= 0.3 is 18.4 Å². The van der Waals surface area contributed by atoms with Crippen LogP contribution in [0.3, 0.4) is 0 Å². The molecule has 7 nitrogen and oxygen atoms in total. The highest BCUT2D eigenvalue weighted by Crippen LogP contribution is 2.32. The van der Waals surface area contributed by atoms with Crippen molar-refractivity contribution in [3.05, 3.63) is 41.5 Å². The number of halogens is 6. The van der Waals surface area contributed by atoms with E-state index in [2.05, 4.69) is 14.7 Å². The Kier molecular flexibility index (Phi) is 6.20. The number of hydrogen-bond acceptors (Lipinski definition) is 5. The van der Waals surface area contributed by atoms with Crippen LogP contribution in [-0.4, -0.2) is 46.0 Å². The summed E-state index contributed by atoms with van der Waals surface area (Å²) in [6.45, 7) is 3.31. The number of aromatic nitrogens is 2. The van der Waals surface area contributed by atoms with Gasteiger partial charge in [-0.1, -0.05) is 19.0 Å². The van der Waals surface area contributed by atoms with Crippen LogP contribution in [0.1, 0.15) is 31.0 Å². The fourth-order valence-electron chi connectivity index (χ4n) is 3.32. The second kappa shape index (κ2) is 8.43. The monoisotopic (exact) mass is 464 g/mol. The molecule has 32 heavy (non-hydrogen) atoms. The largest absolute Gasteiger partial charge is 0.452 e. The Hall–Kier alpha value is -3.12. The van der Waals surface area contributed by atoms with E-state index in [1.807, 2.05) is 0 Å². The zero-order chi connectivity index (χ0) is 23.8. The maximum atomic E-state index is 12.9. The third kappa shape index (κ3) is 5.02. The van der Waals surface area contributed by atoms with Crippen LogP contribution in [0, 0.1) is 5.92 Å². The zero-order valence-corrected chi connectivity index (χ0v) is 16.9. The van der Waals surface area contributed by atoms with Gasteiger partial charge in [0.25, 0.3) is 0 Å². The number of carbonyl (C=O) groups is 2. The van der Waals surface area contributed by atoms with Crippen LogP contribution in [0.4, 0.5) is 36.8 Å². The van der Waals surface area contributed by atoms with Gasteiger partial charge in [-0.15, -0.1) is 0 Å². The van der Waals surface area contributed by atoms with Crippen molar-refractivity contribution in [2.45, 2.75) is 38.7 Å².